The van der Waals surface area contributed by atoms with E-state index in [-0.39, 0.29) is 11.9 Å². The monoisotopic (exact) mass is 389 g/mol. The van der Waals surface area contributed by atoms with Gasteiger partial charge in [0.1, 0.15) is 23.8 Å². The van der Waals surface area contributed by atoms with E-state index in [1.165, 1.54) is 18.5 Å². The van der Waals surface area contributed by atoms with E-state index in [9.17, 15) is 4.39 Å². The van der Waals surface area contributed by atoms with Gasteiger partial charge in [-0.05, 0) is 29.5 Å². The van der Waals surface area contributed by atoms with Crippen molar-refractivity contribution in [3.05, 3.63) is 76.8 Å². The number of ether oxygens (including phenoxy) is 1. The molecule has 1 aliphatic heterocycles. The average Bonchev–Trinajstić information content (AvgIpc) is 3.20. The molecule has 0 radical (unpaired) electrons. The molecule has 134 valence electrons. The van der Waals surface area contributed by atoms with E-state index in [2.05, 4.69) is 17.0 Å². The Bertz CT molecular complexity index is 934. The fourth-order valence-electron chi connectivity index (χ4n) is 3.19. The summed E-state index contributed by atoms with van der Waals surface area (Å²) < 4.78 is 21.9. The fourth-order valence-corrected chi connectivity index (χ4v) is 4.06. The lowest BCUT2D eigenvalue weighted by Crippen LogP contribution is -2.21. The number of aromatic nitrogens is 3. The van der Waals surface area contributed by atoms with Crippen molar-refractivity contribution in [2.24, 2.45) is 0 Å². The number of hydrogen-bond acceptors (Lipinski definition) is 4. The fraction of sp³-hybridized carbons (Fsp3) is 0.263. The van der Waals surface area contributed by atoms with Crippen molar-refractivity contribution in [3.8, 4) is 0 Å². The Kier molecular flexibility index (Phi) is 4.73. The summed E-state index contributed by atoms with van der Waals surface area (Å²) in [4.78, 5) is 4.30. The normalized spacial score (nSPS) is 21.7. The van der Waals surface area contributed by atoms with Crippen molar-refractivity contribution < 1.29 is 9.13 Å². The largest absolute Gasteiger partial charge is 0.354 e. The molecule has 1 fully saturated rings. The molecular formula is C19H17ClFN3OS. The molecular weight excluding hydrogens is 373 g/mol. The highest BCUT2D eigenvalue weighted by Crippen LogP contribution is 2.59. The van der Waals surface area contributed by atoms with E-state index in [1.807, 2.05) is 35.0 Å². The average molecular weight is 390 g/mol. The standard InChI is InChI=1S/C19H17ClFN3OS/c1-2-26-18-22-12-23-24(18)11-19(13-6-5-7-14(21)10-13)17(25-19)15-8-3-4-9-16(15)20/h3-10,12,17H,2,11H2,1H3. The van der Waals surface area contributed by atoms with Crippen LogP contribution in [-0.4, -0.2) is 20.5 Å². The van der Waals surface area contributed by atoms with Gasteiger partial charge in [-0.15, -0.1) is 0 Å². The van der Waals surface area contributed by atoms with Crippen LogP contribution in [0, 0.1) is 5.82 Å². The lowest BCUT2D eigenvalue weighted by Gasteiger charge is -2.16. The molecule has 2 atom stereocenters. The van der Waals surface area contributed by atoms with Crippen LogP contribution in [0.4, 0.5) is 4.39 Å². The summed E-state index contributed by atoms with van der Waals surface area (Å²) >= 11 is 7.98. The highest BCUT2D eigenvalue weighted by atomic mass is 35.5. The summed E-state index contributed by atoms with van der Waals surface area (Å²) in [5.41, 5.74) is 0.942. The first-order chi connectivity index (χ1) is 12.6. The van der Waals surface area contributed by atoms with Gasteiger partial charge in [0, 0.05) is 10.6 Å². The Morgan fingerprint density at radius 3 is 2.88 bits per heavy atom. The summed E-state index contributed by atoms with van der Waals surface area (Å²) in [6, 6.07) is 14.1. The van der Waals surface area contributed by atoms with Crippen LogP contribution in [0.5, 0.6) is 0 Å². The quantitative estimate of drug-likeness (QED) is 0.446. The number of nitrogens with zero attached hydrogens (tertiary/aromatic N) is 3. The van der Waals surface area contributed by atoms with Crippen LogP contribution in [0.3, 0.4) is 0 Å². The van der Waals surface area contributed by atoms with E-state index in [0.29, 0.717) is 11.6 Å². The van der Waals surface area contributed by atoms with E-state index in [4.69, 9.17) is 16.3 Å². The lowest BCUT2D eigenvalue weighted by molar-refractivity contribution is 0.256. The van der Waals surface area contributed by atoms with Crippen LogP contribution in [0.1, 0.15) is 24.2 Å². The van der Waals surface area contributed by atoms with Crippen molar-refractivity contribution in [2.45, 2.75) is 30.3 Å². The van der Waals surface area contributed by atoms with E-state index < -0.39 is 5.60 Å². The molecule has 4 rings (SSSR count). The number of rotatable bonds is 6. The molecule has 1 saturated heterocycles. The van der Waals surface area contributed by atoms with Crippen molar-refractivity contribution in [1.82, 2.24) is 14.8 Å². The predicted molar refractivity (Wildman–Crippen MR) is 99.8 cm³/mol. The molecule has 2 heterocycles. The topological polar surface area (TPSA) is 43.2 Å². The maximum atomic E-state index is 13.9. The minimum Gasteiger partial charge on any atom is -0.354 e. The Morgan fingerprint density at radius 1 is 1.27 bits per heavy atom. The zero-order valence-corrected chi connectivity index (χ0v) is 15.7. The Balaban J connectivity index is 1.74. The summed E-state index contributed by atoms with van der Waals surface area (Å²) in [6.07, 6.45) is 1.27. The Hall–Kier alpha value is -1.89. The van der Waals surface area contributed by atoms with Gasteiger partial charge >= 0.3 is 0 Å². The first-order valence-electron chi connectivity index (χ1n) is 8.33. The van der Waals surface area contributed by atoms with Gasteiger partial charge in [-0.25, -0.2) is 14.1 Å². The second-order valence-electron chi connectivity index (χ2n) is 6.05. The molecule has 3 aromatic rings. The number of benzene rings is 2. The molecule has 0 bridgehead atoms. The molecule has 2 unspecified atom stereocenters. The molecule has 4 nitrogen and oxygen atoms in total. The van der Waals surface area contributed by atoms with Gasteiger partial charge in [-0.3, -0.25) is 0 Å². The molecule has 0 aliphatic carbocycles. The zero-order valence-electron chi connectivity index (χ0n) is 14.1. The molecule has 7 heteroatoms. The number of halogens is 2. The molecule has 0 spiro atoms. The summed E-state index contributed by atoms with van der Waals surface area (Å²) in [6.45, 7) is 2.50. The molecule has 26 heavy (non-hydrogen) atoms. The minimum atomic E-state index is -0.718. The molecule has 0 N–H and O–H groups in total. The van der Waals surface area contributed by atoms with Crippen molar-refractivity contribution in [2.75, 3.05) is 5.75 Å². The summed E-state index contributed by atoms with van der Waals surface area (Å²) in [5, 5.41) is 5.79. The molecule has 0 saturated carbocycles. The predicted octanol–water partition coefficient (Wildman–Crippen LogP) is 4.85. The minimum absolute atomic E-state index is 0.262. The molecule has 1 aromatic heterocycles. The van der Waals surface area contributed by atoms with Crippen molar-refractivity contribution in [3.63, 3.8) is 0 Å². The summed E-state index contributed by atoms with van der Waals surface area (Å²) in [5.74, 6) is 0.595. The second kappa shape index (κ2) is 7.02. The molecule has 2 aromatic carbocycles. The van der Waals surface area contributed by atoms with Gasteiger partial charge in [-0.1, -0.05) is 60.6 Å². The van der Waals surface area contributed by atoms with Gasteiger partial charge in [0.05, 0.1) is 6.54 Å². The number of epoxide rings is 1. The van der Waals surface area contributed by atoms with E-state index in [0.717, 1.165) is 22.0 Å². The van der Waals surface area contributed by atoms with Gasteiger partial charge < -0.3 is 4.74 Å². The van der Waals surface area contributed by atoms with Crippen molar-refractivity contribution in [1.29, 1.82) is 0 Å². The lowest BCUT2D eigenvalue weighted by atomic mass is 9.91. The maximum Gasteiger partial charge on any atom is 0.186 e. The van der Waals surface area contributed by atoms with Crippen molar-refractivity contribution >= 4 is 23.4 Å². The van der Waals surface area contributed by atoms with E-state index >= 15 is 0 Å². The SMILES string of the molecule is CCSc1ncnn1CC1(c2cccc(F)c2)OC1c1ccccc1Cl. The molecule has 0 amide bonds. The highest BCUT2D eigenvalue weighted by Gasteiger charge is 2.59. The first kappa shape index (κ1) is 17.5. The van der Waals surface area contributed by atoms with Crippen LogP contribution >= 0.6 is 23.4 Å². The third kappa shape index (κ3) is 3.13. The van der Waals surface area contributed by atoms with Gasteiger partial charge in [0.15, 0.2) is 5.16 Å². The first-order valence-corrected chi connectivity index (χ1v) is 9.69. The zero-order chi connectivity index (χ0) is 18.1. The van der Waals surface area contributed by atoms with Crippen LogP contribution < -0.4 is 0 Å². The van der Waals surface area contributed by atoms with Crippen LogP contribution in [0.2, 0.25) is 5.02 Å². The second-order valence-corrected chi connectivity index (χ2v) is 7.69. The highest BCUT2D eigenvalue weighted by molar-refractivity contribution is 7.99. The van der Waals surface area contributed by atoms with Gasteiger partial charge in [0.2, 0.25) is 0 Å². The molecule has 1 aliphatic rings. The number of hydrogen-bond donors (Lipinski definition) is 0. The van der Waals surface area contributed by atoms with Gasteiger partial charge in [0.25, 0.3) is 0 Å². The maximum absolute atomic E-state index is 13.9. The number of thioether (sulfide) groups is 1. The van der Waals surface area contributed by atoms with Crippen LogP contribution in [0.15, 0.2) is 60.0 Å². The van der Waals surface area contributed by atoms with Crippen LogP contribution in [0.25, 0.3) is 0 Å². The third-order valence-electron chi connectivity index (χ3n) is 4.43. The van der Waals surface area contributed by atoms with E-state index in [1.54, 1.807) is 17.8 Å². The third-order valence-corrected chi connectivity index (χ3v) is 5.64. The Morgan fingerprint density at radius 2 is 2.12 bits per heavy atom. The van der Waals surface area contributed by atoms with Crippen LogP contribution in [-0.2, 0) is 16.9 Å². The smallest absolute Gasteiger partial charge is 0.186 e. The Labute approximate surface area is 160 Å². The van der Waals surface area contributed by atoms with Gasteiger partial charge in [-0.2, -0.15) is 5.10 Å². The summed E-state index contributed by atoms with van der Waals surface area (Å²) in [7, 11) is 0.